The molecule has 170 valence electrons. The fourth-order valence-electron chi connectivity index (χ4n) is 3.93. The number of allylic oxidation sites excluding steroid dienone is 1. The zero-order chi connectivity index (χ0) is 23.4. The number of nitrogens with zero attached hydrogens (tertiary/aromatic N) is 2. The Bertz CT molecular complexity index is 1210. The summed E-state index contributed by atoms with van der Waals surface area (Å²) in [6.07, 6.45) is 0. The number of benzene rings is 2. The molecule has 1 unspecified atom stereocenters. The average Bonchev–Trinajstić information content (AvgIpc) is 3.23. The largest absolute Gasteiger partial charge is 0.494 e. The molecule has 0 aliphatic carbocycles. The Morgan fingerprint density at radius 1 is 1.00 bits per heavy atom. The molecule has 0 amide bonds. The minimum atomic E-state index is -0.492. The van der Waals surface area contributed by atoms with Crippen LogP contribution in [-0.2, 0) is 0 Å². The Hall–Kier alpha value is -4.12. The molecule has 3 N–H and O–H groups in total. The van der Waals surface area contributed by atoms with Gasteiger partial charge in [0, 0.05) is 5.56 Å². The fourth-order valence-corrected chi connectivity index (χ4v) is 3.93. The first kappa shape index (κ1) is 22.1. The predicted molar refractivity (Wildman–Crippen MR) is 123 cm³/mol. The highest BCUT2D eigenvalue weighted by Crippen LogP contribution is 2.47. The minimum absolute atomic E-state index is 0.0339. The molecule has 33 heavy (non-hydrogen) atoms. The number of rotatable bonds is 8. The smallest absolute Gasteiger partial charge is 0.244 e. The van der Waals surface area contributed by atoms with E-state index in [4.69, 9.17) is 24.7 Å². The highest BCUT2D eigenvalue weighted by atomic mass is 16.5. The molecule has 0 saturated heterocycles. The zero-order valence-electron chi connectivity index (χ0n) is 18.8. The van der Waals surface area contributed by atoms with Crippen LogP contribution >= 0.6 is 0 Å². The van der Waals surface area contributed by atoms with Gasteiger partial charge in [0.25, 0.3) is 0 Å². The molecule has 8 heteroatoms. The van der Waals surface area contributed by atoms with Crippen LogP contribution in [0.2, 0.25) is 0 Å². The lowest BCUT2D eigenvalue weighted by molar-refractivity contribution is 0.287. The first-order chi connectivity index (χ1) is 16.1. The standard InChI is InChI=1S/C25H26N4O4/c1-4-30-17-10-7-15(8-11-17)23-22-21(18(14-26)24(27)33-25(22)29-28-23)16-9-12-19(31-5-2)20(13-16)32-6-3/h7-13,21H,4-6,27H2,1-3H3,(H,28,29). The van der Waals surface area contributed by atoms with Crippen LogP contribution in [-0.4, -0.2) is 30.0 Å². The third kappa shape index (κ3) is 4.17. The quantitative estimate of drug-likeness (QED) is 0.524. The van der Waals surface area contributed by atoms with Gasteiger partial charge in [0.2, 0.25) is 11.8 Å². The minimum Gasteiger partial charge on any atom is -0.494 e. The first-order valence-corrected chi connectivity index (χ1v) is 10.9. The Morgan fingerprint density at radius 2 is 1.70 bits per heavy atom. The molecule has 1 atom stereocenters. The van der Waals surface area contributed by atoms with Crippen LogP contribution in [0.3, 0.4) is 0 Å². The number of nitrogens with two attached hydrogens (primary N) is 1. The number of aromatic amines is 1. The summed E-state index contributed by atoms with van der Waals surface area (Å²) in [5, 5.41) is 17.3. The molecule has 0 bridgehead atoms. The third-order valence-electron chi connectivity index (χ3n) is 5.29. The highest BCUT2D eigenvalue weighted by Gasteiger charge is 2.36. The van der Waals surface area contributed by atoms with Crippen molar-refractivity contribution in [3.63, 3.8) is 0 Å². The lowest BCUT2D eigenvalue weighted by Crippen LogP contribution is -2.21. The van der Waals surface area contributed by atoms with Gasteiger partial charge in [-0.15, -0.1) is 5.10 Å². The van der Waals surface area contributed by atoms with E-state index >= 15 is 0 Å². The maximum atomic E-state index is 9.95. The normalized spacial score (nSPS) is 14.8. The maximum Gasteiger partial charge on any atom is 0.244 e. The van der Waals surface area contributed by atoms with Crippen molar-refractivity contribution in [1.82, 2.24) is 10.2 Å². The second-order valence-corrected chi connectivity index (χ2v) is 7.27. The first-order valence-electron chi connectivity index (χ1n) is 10.9. The van der Waals surface area contributed by atoms with Gasteiger partial charge in [0.05, 0.1) is 37.0 Å². The zero-order valence-corrected chi connectivity index (χ0v) is 18.8. The Labute approximate surface area is 192 Å². The van der Waals surface area contributed by atoms with Gasteiger partial charge in [-0.3, -0.25) is 5.10 Å². The molecule has 1 aromatic heterocycles. The lowest BCUT2D eigenvalue weighted by Gasteiger charge is -2.25. The summed E-state index contributed by atoms with van der Waals surface area (Å²) in [5.41, 5.74) is 9.60. The molecule has 0 fully saturated rings. The second kappa shape index (κ2) is 9.57. The number of fused-ring (bicyclic) bond motifs is 1. The molecular weight excluding hydrogens is 420 g/mol. The van der Waals surface area contributed by atoms with Crippen LogP contribution < -0.4 is 24.7 Å². The van der Waals surface area contributed by atoms with Crippen molar-refractivity contribution in [2.45, 2.75) is 26.7 Å². The van der Waals surface area contributed by atoms with Crippen LogP contribution in [0.4, 0.5) is 0 Å². The van der Waals surface area contributed by atoms with Crippen molar-refractivity contribution in [1.29, 1.82) is 5.26 Å². The van der Waals surface area contributed by atoms with E-state index in [0.717, 1.165) is 28.1 Å². The van der Waals surface area contributed by atoms with Crippen LogP contribution in [0.5, 0.6) is 23.1 Å². The summed E-state index contributed by atoms with van der Waals surface area (Å²) in [7, 11) is 0. The Kier molecular flexibility index (Phi) is 6.41. The monoisotopic (exact) mass is 446 g/mol. The van der Waals surface area contributed by atoms with Gasteiger partial charge in [0.1, 0.15) is 17.4 Å². The molecule has 2 aromatic carbocycles. The van der Waals surface area contributed by atoms with E-state index in [2.05, 4.69) is 16.3 Å². The van der Waals surface area contributed by atoms with E-state index in [1.807, 2.05) is 63.2 Å². The van der Waals surface area contributed by atoms with Crippen LogP contribution in [0.25, 0.3) is 11.3 Å². The molecule has 0 spiro atoms. The summed E-state index contributed by atoms with van der Waals surface area (Å²) in [5.74, 6) is 1.90. The van der Waals surface area contributed by atoms with Gasteiger partial charge in [-0.05, 0) is 62.7 Å². The summed E-state index contributed by atoms with van der Waals surface area (Å²) >= 11 is 0. The van der Waals surface area contributed by atoms with Crippen LogP contribution in [0, 0.1) is 11.3 Å². The fraction of sp³-hybridized carbons (Fsp3) is 0.280. The van der Waals surface area contributed by atoms with Crippen molar-refractivity contribution < 1.29 is 18.9 Å². The number of ether oxygens (including phenoxy) is 4. The van der Waals surface area contributed by atoms with E-state index in [9.17, 15) is 5.26 Å². The van der Waals surface area contributed by atoms with Crippen molar-refractivity contribution in [2.24, 2.45) is 5.73 Å². The number of nitrogens with one attached hydrogen (secondary N) is 1. The second-order valence-electron chi connectivity index (χ2n) is 7.27. The number of H-pyrrole nitrogens is 1. The summed E-state index contributed by atoms with van der Waals surface area (Å²) in [6, 6.07) is 15.5. The lowest BCUT2D eigenvalue weighted by atomic mass is 9.83. The van der Waals surface area contributed by atoms with Gasteiger partial charge in [-0.1, -0.05) is 6.07 Å². The average molecular weight is 447 g/mol. The number of hydrogen-bond acceptors (Lipinski definition) is 7. The van der Waals surface area contributed by atoms with Gasteiger partial charge in [0.15, 0.2) is 11.5 Å². The molecule has 0 saturated carbocycles. The Morgan fingerprint density at radius 3 is 2.36 bits per heavy atom. The summed E-state index contributed by atoms with van der Waals surface area (Å²) in [6.45, 7) is 7.35. The molecule has 3 aromatic rings. The third-order valence-corrected chi connectivity index (χ3v) is 5.29. The number of aromatic nitrogens is 2. The number of hydrogen-bond donors (Lipinski definition) is 2. The van der Waals surface area contributed by atoms with Gasteiger partial charge in [-0.25, -0.2) is 0 Å². The van der Waals surface area contributed by atoms with Crippen molar-refractivity contribution in [2.75, 3.05) is 19.8 Å². The van der Waals surface area contributed by atoms with Gasteiger partial charge in [-0.2, -0.15) is 5.26 Å². The maximum absolute atomic E-state index is 9.95. The molecule has 0 radical (unpaired) electrons. The van der Waals surface area contributed by atoms with Gasteiger partial charge >= 0.3 is 0 Å². The van der Waals surface area contributed by atoms with E-state index in [-0.39, 0.29) is 5.88 Å². The molecule has 8 nitrogen and oxygen atoms in total. The molecule has 4 rings (SSSR count). The summed E-state index contributed by atoms with van der Waals surface area (Å²) < 4.78 is 22.8. The summed E-state index contributed by atoms with van der Waals surface area (Å²) in [4.78, 5) is 0. The SMILES string of the molecule is CCOc1ccc(-c2[nH]nc3c2C(c2ccc(OCC)c(OCC)c2)C(C#N)=C(N)O3)cc1. The molecule has 2 heterocycles. The van der Waals surface area contributed by atoms with Crippen LogP contribution in [0.15, 0.2) is 53.9 Å². The topological polar surface area (TPSA) is 115 Å². The van der Waals surface area contributed by atoms with Crippen molar-refractivity contribution >= 4 is 0 Å². The highest BCUT2D eigenvalue weighted by molar-refractivity contribution is 5.71. The van der Waals surface area contributed by atoms with Crippen molar-refractivity contribution in [3.05, 3.63) is 65.0 Å². The van der Waals surface area contributed by atoms with E-state index in [0.29, 0.717) is 42.8 Å². The molecular formula is C25H26N4O4. The van der Waals surface area contributed by atoms with Crippen molar-refractivity contribution in [3.8, 4) is 40.5 Å². The number of nitriles is 1. The van der Waals surface area contributed by atoms with E-state index in [1.165, 1.54) is 0 Å². The van der Waals surface area contributed by atoms with E-state index in [1.54, 1.807) is 0 Å². The van der Waals surface area contributed by atoms with E-state index < -0.39 is 5.92 Å². The molecule has 1 aliphatic rings. The van der Waals surface area contributed by atoms with Gasteiger partial charge < -0.3 is 24.7 Å². The predicted octanol–water partition coefficient (Wildman–Crippen LogP) is 4.49. The Balaban J connectivity index is 1.85. The van der Waals surface area contributed by atoms with Crippen LogP contribution in [0.1, 0.15) is 37.8 Å². The molecule has 1 aliphatic heterocycles.